The fraction of sp³-hybridized carbons (Fsp3) is 0.448. The van der Waals surface area contributed by atoms with Crippen LogP contribution in [-0.4, -0.2) is 199 Å². The van der Waals surface area contributed by atoms with Crippen LogP contribution in [-0.2, 0) is 9.59 Å². The van der Waals surface area contributed by atoms with E-state index in [2.05, 4.69) is 101 Å². The fourth-order valence-corrected chi connectivity index (χ4v) is 18.1. The smallest absolute Gasteiger partial charge is 0.319 e. The number of amides is 7. The zero-order chi connectivity index (χ0) is 91.7. The molecule has 7 N–H and O–H groups in total. The van der Waals surface area contributed by atoms with E-state index in [-0.39, 0.29) is 144 Å². The van der Waals surface area contributed by atoms with Gasteiger partial charge in [0.15, 0.2) is 45.5 Å². The SMILES string of the molecule is Cc1nc2nc(N[C@@H](C)c3cccc(F)c3)nc(C(=O)N3CC(C(N)=O)C3)c2s1.Cc1nc2nc(N[C@@H](C)c3cncc(F)c3)nc(C(=O)CCCC3CCCCC3)c2s1.Cc1nc2nc(N[C@@H](C)c3cncc(F)c3)nc(C(=O)N3CCN(C(=O)CC(C)(C)C)C3)c2s1.Cc1nc2nc(N[C@@H](C)c3cncc(F)c3)nc(C(=O)N3CCN(C(=O)NC(C)(C)C)C3)c2s1. The van der Waals surface area contributed by atoms with Crippen LogP contribution in [0.1, 0.15) is 235 Å². The second-order valence-corrected chi connectivity index (χ2v) is 39.2. The Bertz CT molecular complexity index is 5920. The maximum atomic E-state index is 13.6. The number of ketones is 1. The fourth-order valence-electron chi connectivity index (χ4n) is 14.7. The molecular weight excluding hydrogens is 1730 g/mol. The first-order valence-electron chi connectivity index (χ1n) is 42.1. The Morgan fingerprint density at radius 1 is 0.453 bits per heavy atom. The Morgan fingerprint density at radius 3 is 1.21 bits per heavy atom. The van der Waals surface area contributed by atoms with Crippen LogP contribution in [0.5, 0.6) is 0 Å². The number of carbonyl (C=O) groups excluding carboxylic acids is 7. The Kier molecular flexibility index (Phi) is 29.5. The molecule has 4 aliphatic rings. The predicted octanol–water partition coefficient (Wildman–Crippen LogP) is 15.4. The molecule has 1 aromatic carbocycles. The molecule has 7 amide bonds. The van der Waals surface area contributed by atoms with Gasteiger partial charge >= 0.3 is 6.03 Å². The van der Waals surface area contributed by atoms with Crippen LogP contribution in [0, 0.1) is 68.2 Å². The van der Waals surface area contributed by atoms with Crippen molar-refractivity contribution in [3.8, 4) is 0 Å². The molecule has 0 unspecified atom stereocenters. The van der Waals surface area contributed by atoms with Crippen LogP contribution in [0.3, 0.4) is 0 Å². The van der Waals surface area contributed by atoms with Crippen LogP contribution >= 0.6 is 45.3 Å². The van der Waals surface area contributed by atoms with Gasteiger partial charge in [-0.1, -0.05) is 71.4 Å². The molecule has 0 spiro atoms. The van der Waals surface area contributed by atoms with Crippen molar-refractivity contribution in [2.45, 2.75) is 184 Å². The lowest BCUT2D eigenvalue weighted by atomic mass is 9.85. The number of hydrogen-bond acceptors (Lipinski definition) is 30. The quantitative estimate of drug-likeness (QED) is 0.0271. The third kappa shape index (κ3) is 23.9. The molecule has 11 aromatic heterocycles. The number of carbonyl (C=O) groups is 7. The Labute approximate surface area is 752 Å². The number of anilines is 4. The summed E-state index contributed by atoms with van der Waals surface area (Å²) in [5, 5.41) is 18.6. The number of benzene rings is 1. The first-order chi connectivity index (χ1) is 60.8. The van der Waals surface area contributed by atoms with Crippen molar-refractivity contribution in [3.63, 3.8) is 0 Å². The summed E-state index contributed by atoms with van der Waals surface area (Å²) in [7, 11) is 0. The lowest BCUT2D eigenvalue weighted by Gasteiger charge is -2.37. The van der Waals surface area contributed by atoms with Gasteiger partial charge in [-0.05, 0) is 147 Å². The highest BCUT2D eigenvalue weighted by Crippen LogP contribution is 2.36. The van der Waals surface area contributed by atoms with Crippen molar-refractivity contribution < 1.29 is 51.1 Å². The topological polar surface area (TPSA) is 415 Å². The lowest BCUT2D eigenvalue weighted by molar-refractivity contribution is -0.132. The Morgan fingerprint density at radius 2 is 0.820 bits per heavy atom. The van der Waals surface area contributed by atoms with Crippen LogP contribution in [0.4, 0.5) is 46.1 Å². The van der Waals surface area contributed by atoms with Crippen LogP contribution in [0.2, 0.25) is 0 Å². The monoisotopic (exact) mass is 1830 g/mol. The summed E-state index contributed by atoms with van der Waals surface area (Å²) in [4.78, 5) is 163. The second kappa shape index (κ2) is 40.4. The van der Waals surface area contributed by atoms with Gasteiger partial charge in [0, 0.05) is 76.2 Å². The third-order valence-electron chi connectivity index (χ3n) is 21.4. The van der Waals surface area contributed by atoms with E-state index < -0.39 is 23.4 Å². The van der Waals surface area contributed by atoms with Crippen molar-refractivity contribution in [2.75, 3.05) is 73.9 Å². The highest BCUT2D eigenvalue weighted by molar-refractivity contribution is 7.20. The molecule has 1 saturated carbocycles. The molecular formula is C87H102F4N26O7S4. The number of primary amides is 1. The Balaban J connectivity index is 0.000000146. The van der Waals surface area contributed by atoms with Gasteiger partial charge in [0.05, 0.1) is 82.0 Å². The summed E-state index contributed by atoms with van der Waals surface area (Å²) in [5.41, 5.74) is 10.4. The number of pyridine rings is 3. The predicted molar refractivity (Wildman–Crippen MR) is 483 cm³/mol. The molecule has 4 fully saturated rings. The summed E-state index contributed by atoms with van der Waals surface area (Å²) in [6.07, 6.45) is 17.6. The number of hydrogen-bond donors (Lipinski definition) is 6. The number of rotatable bonds is 22. The van der Waals surface area contributed by atoms with Gasteiger partial charge in [0.1, 0.15) is 47.8 Å². The number of aryl methyl sites for hydroxylation is 4. The van der Waals surface area contributed by atoms with E-state index in [1.54, 1.807) is 50.3 Å². The molecule has 0 radical (unpaired) electrons. The van der Waals surface area contributed by atoms with E-state index in [1.165, 1.54) is 119 Å². The normalized spacial score (nSPS) is 15.3. The van der Waals surface area contributed by atoms with Gasteiger partial charge in [0.2, 0.25) is 35.6 Å². The van der Waals surface area contributed by atoms with Gasteiger partial charge < -0.3 is 56.8 Å². The molecule has 3 saturated heterocycles. The summed E-state index contributed by atoms with van der Waals surface area (Å²) >= 11 is 5.49. The molecule has 0 bridgehead atoms. The maximum Gasteiger partial charge on any atom is 0.319 e. The molecule has 33 nitrogen and oxygen atoms in total. The van der Waals surface area contributed by atoms with Crippen LogP contribution < -0.4 is 32.3 Å². The van der Waals surface area contributed by atoms with Gasteiger partial charge in [0.25, 0.3) is 17.7 Å². The molecule has 14 heterocycles. The number of nitrogens with two attached hydrogens (primary N) is 1. The van der Waals surface area contributed by atoms with E-state index in [0.29, 0.717) is 104 Å². The number of urea groups is 1. The number of Topliss-reactive ketones (excluding diaryl/α,β-unsaturated/α-hetero) is 1. The molecule has 3 aliphatic heterocycles. The first-order valence-corrected chi connectivity index (χ1v) is 45.4. The average molecular weight is 1830 g/mol. The van der Waals surface area contributed by atoms with E-state index in [1.807, 2.05) is 96.9 Å². The number of nitrogens with one attached hydrogen (secondary N) is 5. The van der Waals surface area contributed by atoms with Crippen molar-refractivity contribution in [1.82, 2.24) is 105 Å². The third-order valence-corrected chi connectivity index (χ3v) is 25.2. The van der Waals surface area contributed by atoms with Gasteiger partial charge in [-0.2, -0.15) is 19.9 Å². The van der Waals surface area contributed by atoms with Gasteiger partial charge in [-0.25, -0.2) is 62.2 Å². The summed E-state index contributed by atoms with van der Waals surface area (Å²) in [5.74, 6) is -1.41. The van der Waals surface area contributed by atoms with Crippen molar-refractivity contribution in [2.24, 2.45) is 23.0 Å². The Hall–Kier alpha value is -12.2. The second-order valence-electron chi connectivity index (χ2n) is 34.3. The highest BCUT2D eigenvalue weighted by Gasteiger charge is 2.39. The van der Waals surface area contributed by atoms with E-state index in [0.717, 1.165) is 61.4 Å². The molecule has 4 atom stereocenters. The largest absolute Gasteiger partial charge is 0.369 e. The number of halogens is 4. The van der Waals surface area contributed by atoms with E-state index in [9.17, 15) is 51.1 Å². The number of fused-ring (bicyclic) bond motifs is 4. The molecule has 674 valence electrons. The minimum atomic E-state index is -0.442. The molecule has 16 rings (SSSR count). The van der Waals surface area contributed by atoms with E-state index in [4.69, 9.17) is 5.73 Å². The molecule has 128 heavy (non-hydrogen) atoms. The lowest BCUT2D eigenvalue weighted by Crippen LogP contribution is -2.54. The zero-order valence-corrected chi connectivity index (χ0v) is 76.8. The standard InChI is InChI=1S/C23H28FN7O2S.C23H28FN5OS.C22H27FN8O2S.C19H19FN6O2S/c1-13(15-8-16(24)11-25-10-15)26-22-28-18(19-20(29-22)27-14(2)34-19)21(33)31-7-6-30(12-31)17(32)9-23(3,4)5;1-14(17-11-18(24)13-25-12-17)26-23-28-20(21-22(29-23)27-15(2)31-21)19(30)10-6-9-16-7-4-3-5-8-16;1-12(14-8-15(23)10-24-9-14)25-20-27-16(17-18(28-20)26-13(2)34-17)19(32)30-6-7-31(11-30)21(33)29-22(3,4)5;1-9(11-4-3-5-13(20)6-11)22-19-24-14(15-17(25-19)23-10(2)29-15)18(28)26-7-12(8-26)16(21)27/h8,10-11,13H,6-7,9,12H2,1-5H3,(H,26,28,29);11-14,16H,3-10H2,1-2H3,(H,26,28,29);8-10,12H,6-7,11H2,1-5H3,(H,29,33)(H,25,27,28);3-6,9,12H,7-8H2,1-2H3,(H2,21,27)(H,22,24,25)/t13-;14-;12-;9-/m0000/s1. The zero-order valence-electron chi connectivity index (χ0n) is 73.5. The number of aromatic nitrogens is 15. The number of likely N-dealkylation sites (tertiary alicyclic amines) is 1. The number of thiazole rings is 4. The minimum Gasteiger partial charge on any atom is -0.369 e. The van der Waals surface area contributed by atoms with Crippen molar-refractivity contribution in [3.05, 3.63) is 168 Å². The first kappa shape index (κ1) is 93.4. The van der Waals surface area contributed by atoms with Gasteiger partial charge in [-0.3, -0.25) is 43.7 Å². The highest BCUT2D eigenvalue weighted by atomic mass is 32.1. The van der Waals surface area contributed by atoms with Crippen molar-refractivity contribution in [1.29, 1.82) is 0 Å². The average Bonchev–Trinajstić information content (AvgIpc) is 1.61. The minimum absolute atomic E-state index is 0.0316. The molecule has 41 heteroatoms. The van der Waals surface area contributed by atoms with Crippen molar-refractivity contribution >= 4 is 152 Å². The van der Waals surface area contributed by atoms with Gasteiger partial charge in [-0.15, -0.1) is 45.3 Å². The summed E-state index contributed by atoms with van der Waals surface area (Å²) < 4.78 is 56.8. The van der Waals surface area contributed by atoms with Crippen LogP contribution in [0.25, 0.3) is 41.4 Å². The van der Waals surface area contributed by atoms with Crippen LogP contribution in [0.15, 0.2) is 79.6 Å². The summed E-state index contributed by atoms with van der Waals surface area (Å²) in [6.45, 7) is 29.3. The maximum absolute atomic E-state index is 13.6. The number of nitrogens with zero attached hydrogens (tertiary/aromatic N) is 20. The molecule has 1 aliphatic carbocycles. The van der Waals surface area contributed by atoms with E-state index >= 15 is 0 Å². The molecule has 12 aromatic rings. The summed E-state index contributed by atoms with van der Waals surface area (Å²) in [6, 6.07) is 8.94.